The maximum absolute atomic E-state index is 12.3. The van der Waals surface area contributed by atoms with Gasteiger partial charge < -0.3 is 15.5 Å². The highest BCUT2D eigenvalue weighted by Crippen LogP contribution is 2.32. The standard InChI is InChI=1S/C12H12F3N3O2/c13-12(14,15)10-4-6-18(17-10)7-5-16-11-8(19)2-1-3-9(11)20/h1-4,6,16,19-20H,5,7H2. The van der Waals surface area contributed by atoms with E-state index in [9.17, 15) is 23.4 Å². The lowest BCUT2D eigenvalue weighted by Gasteiger charge is -2.10. The van der Waals surface area contributed by atoms with E-state index in [1.54, 1.807) is 0 Å². The molecule has 2 aromatic rings. The zero-order valence-electron chi connectivity index (χ0n) is 10.2. The van der Waals surface area contributed by atoms with Crippen molar-refractivity contribution >= 4 is 5.69 Å². The first-order valence-corrected chi connectivity index (χ1v) is 5.73. The van der Waals surface area contributed by atoms with Crippen LogP contribution in [-0.4, -0.2) is 26.5 Å². The summed E-state index contributed by atoms with van der Waals surface area (Å²) in [5.74, 6) is -0.275. The Labute approximate surface area is 112 Å². The van der Waals surface area contributed by atoms with E-state index in [4.69, 9.17) is 0 Å². The molecule has 0 saturated carbocycles. The molecule has 0 bridgehead atoms. The highest BCUT2D eigenvalue weighted by atomic mass is 19.4. The third kappa shape index (κ3) is 3.14. The monoisotopic (exact) mass is 287 g/mol. The van der Waals surface area contributed by atoms with Crippen LogP contribution in [0.25, 0.3) is 0 Å². The Morgan fingerprint density at radius 2 is 1.80 bits per heavy atom. The first kappa shape index (κ1) is 14.0. The zero-order chi connectivity index (χ0) is 14.8. The molecule has 0 spiro atoms. The van der Waals surface area contributed by atoms with Crippen molar-refractivity contribution in [2.45, 2.75) is 12.7 Å². The molecule has 8 heteroatoms. The molecule has 5 nitrogen and oxygen atoms in total. The highest BCUT2D eigenvalue weighted by Gasteiger charge is 2.33. The van der Waals surface area contributed by atoms with Crippen molar-refractivity contribution < 1.29 is 23.4 Å². The van der Waals surface area contributed by atoms with Gasteiger partial charge in [0.05, 0.1) is 6.54 Å². The average Bonchev–Trinajstić information content (AvgIpc) is 2.81. The second kappa shape index (κ2) is 5.32. The lowest BCUT2D eigenvalue weighted by molar-refractivity contribution is -0.141. The number of hydrogen-bond acceptors (Lipinski definition) is 4. The molecule has 0 aliphatic carbocycles. The Balaban J connectivity index is 1.95. The average molecular weight is 287 g/mol. The fourth-order valence-corrected chi connectivity index (χ4v) is 1.64. The Morgan fingerprint density at radius 3 is 2.35 bits per heavy atom. The lowest BCUT2D eigenvalue weighted by Crippen LogP contribution is -2.13. The normalized spacial score (nSPS) is 11.6. The number of hydrogen-bond donors (Lipinski definition) is 3. The number of aromatic nitrogens is 2. The molecule has 0 fully saturated rings. The molecule has 0 aliphatic heterocycles. The second-order valence-corrected chi connectivity index (χ2v) is 4.06. The zero-order valence-corrected chi connectivity index (χ0v) is 10.2. The van der Waals surface area contributed by atoms with Gasteiger partial charge in [0.1, 0.15) is 17.2 Å². The Hall–Kier alpha value is -2.38. The van der Waals surface area contributed by atoms with Crippen molar-refractivity contribution in [2.24, 2.45) is 0 Å². The van der Waals surface area contributed by atoms with E-state index in [-0.39, 0.29) is 30.3 Å². The summed E-state index contributed by atoms with van der Waals surface area (Å²) < 4.78 is 38.1. The maximum Gasteiger partial charge on any atom is 0.435 e. The number of rotatable bonds is 4. The van der Waals surface area contributed by atoms with Gasteiger partial charge in [-0.2, -0.15) is 18.3 Å². The molecule has 1 heterocycles. The number of phenolic OH excluding ortho intramolecular Hbond substituents is 2. The number of alkyl halides is 3. The van der Waals surface area contributed by atoms with Crippen molar-refractivity contribution in [1.29, 1.82) is 0 Å². The van der Waals surface area contributed by atoms with E-state index in [1.165, 1.54) is 24.4 Å². The predicted molar refractivity (Wildman–Crippen MR) is 65.5 cm³/mol. The molecule has 0 atom stereocenters. The molecule has 2 rings (SSSR count). The Morgan fingerprint density at radius 1 is 1.15 bits per heavy atom. The third-order valence-electron chi connectivity index (χ3n) is 2.59. The van der Waals surface area contributed by atoms with Gasteiger partial charge in [0, 0.05) is 12.7 Å². The number of nitrogens with zero attached hydrogens (tertiary/aromatic N) is 2. The molecule has 20 heavy (non-hydrogen) atoms. The number of halogens is 3. The highest BCUT2D eigenvalue weighted by molar-refractivity contribution is 5.64. The maximum atomic E-state index is 12.3. The van der Waals surface area contributed by atoms with Crippen LogP contribution in [0.3, 0.4) is 0 Å². The SMILES string of the molecule is Oc1cccc(O)c1NCCn1ccc(C(F)(F)F)n1. The van der Waals surface area contributed by atoms with Crippen molar-refractivity contribution in [3.63, 3.8) is 0 Å². The van der Waals surface area contributed by atoms with Crippen LogP contribution in [0.5, 0.6) is 11.5 Å². The molecular formula is C12H12F3N3O2. The number of nitrogens with one attached hydrogen (secondary N) is 1. The fraction of sp³-hybridized carbons (Fsp3) is 0.250. The predicted octanol–water partition coefficient (Wildman–Crippen LogP) is 2.43. The molecule has 0 radical (unpaired) electrons. The first-order valence-electron chi connectivity index (χ1n) is 5.73. The summed E-state index contributed by atoms with van der Waals surface area (Å²) in [5.41, 5.74) is -0.821. The van der Waals surface area contributed by atoms with Gasteiger partial charge in [0.15, 0.2) is 5.69 Å². The minimum absolute atomic E-state index is 0.135. The Bertz CT molecular complexity index is 576. The van der Waals surface area contributed by atoms with Crippen LogP contribution in [-0.2, 0) is 12.7 Å². The van der Waals surface area contributed by atoms with Crippen LogP contribution in [0.4, 0.5) is 18.9 Å². The molecule has 1 aromatic heterocycles. The van der Waals surface area contributed by atoms with E-state index in [1.807, 2.05) is 0 Å². The summed E-state index contributed by atoms with van der Waals surface area (Å²) in [4.78, 5) is 0. The molecule has 0 aliphatic rings. The van der Waals surface area contributed by atoms with Crippen molar-refractivity contribution in [3.05, 3.63) is 36.2 Å². The topological polar surface area (TPSA) is 70.3 Å². The molecule has 0 unspecified atom stereocenters. The summed E-state index contributed by atoms with van der Waals surface area (Å²) in [6.45, 7) is 0.355. The van der Waals surface area contributed by atoms with Crippen LogP contribution in [0.2, 0.25) is 0 Å². The fourth-order valence-electron chi connectivity index (χ4n) is 1.64. The molecule has 0 amide bonds. The smallest absolute Gasteiger partial charge is 0.435 e. The van der Waals surface area contributed by atoms with E-state index in [0.717, 1.165) is 10.7 Å². The van der Waals surface area contributed by atoms with E-state index in [0.29, 0.717) is 0 Å². The number of anilines is 1. The third-order valence-corrected chi connectivity index (χ3v) is 2.59. The van der Waals surface area contributed by atoms with Gasteiger partial charge in [-0.25, -0.2) is 0 Å². The number of phenols is 2. The van der Waals surface area contributed by atoms with Crippen LogP contribution in [0.15, 0.2) is 30.5 Å². The molecule has 3 N–H and O–H groups in total. The van der Waals surface area contributed by atoms with E-state index >= 15 is 0 Å². The lowest BCUT2D eigenvalue weighted by atomic mass is 10.2. The number of benzene rings is 1. The van der Waals surface area contributed by atoms with Crippen molar-refractivity contribution in [1.82, 2.24) is 9.78 Å². The number of aromatic hydroxyl groups is 2. The van der Waals surface area contributed by atoms with Gasteiger partial charge in [0.2, 0.25) is 0 Å². The van der Waals surface area contributed by atoms with Crippen LogP contribution < -0.4 is 5.32 Å². The van der Waals surface area contributed by atoms with Gasteiger partial charge in [0.25, 0.3) is 0 Å². The second-order valence-electron chi connectivity index (χ2n) is 4.06. The van der Waals surface area contributed by atoms with Gasteiger partial charge in [-0.1, -0.05) is 6.07 Å². The van der Waals surface area contributed by atoms with Crippen LogP contribution in [0, 0.1) is 0 Å². The summed E-state index contributed by atoms with van der Waals surface area (Å²) in [6, 6.07) is 5.13. The quantitative estimate of drug-likeness (QED) is 0.755. The van der Waals surface area contributed by atoms with Crippen molar-refractivity contribution in [3.8, 4) is 11.5 Å². The van der Waals surface area contributed by atoms with Gasteiger partial charge in [-0.3, -0.25) is 4.68 Å². The van der Waals surface area contributed by atoms with Crippen molar-refractivity contribution in [2.75, 3.05) is 11.9 Å². The minimum atomic E-state index is -4.46. The first-order chi connectivity index (χ1) is 9.38. The molecule has 1 aromatic carbocycles. The van der Waals surface area contributed by atoms with E-state index in [2.05, 4.69) is 10.4 Å². The number of para-hydroxylation sites is 1. The summed E-state index contributed by atoms with van der Waals surface area (Å²) >= 11 is 0. The molecule has 108 valence electrons. The van der Waals surface area contributed by atoms with Gasteiger partial charge in [-0.15, -0.1) is 0 Å². The largest absolute Gasteiger partial charge is 0.506 e. The minimum Gasteiger partial charge on any atom is -0.506 e. The molecular weight excluding hydrogens is 275 g/mol. The Kier molecular flexibility index (Phi) is 3.73. The summed E-state index contributed by atoms with van der Waals surface area (Å²) in [6.07, 6.45) is -3.25. The van der Waals surface area contributed by atoms with E-state index < -0.39 is 11.9 Å². The molecule has 0 saturated heterocycles. The van der Waals surface area contributed by atoms with Crippen LogP contribution in [0.1, 0.15) is 5.69 Å². The van der Waals surface area contributed by atoms with Gasteiger partial charge in [-0.05, 0) is 18.2 Å². The summed E-state index contributed by atoms with van der Waals surface area (Å²) in [5, 5.41) is 25.1. The van der Waals surface area contributed by atoms with Crippen LogP contribution >= 0.6 is 0 Å². The summed E-state index contributed by atoms with van der Waals surface area (Å²) in [7, 11) is 0. The van der Waals surface area contributed by atoms with Gasteiger partial charge >= 0.3 is 6.18 Å².